The minimum absolute atomic E-state index is 0.000416. The van der Waals surface area contributed by atoms with Crippen molar-refractivity contribution in [2.24, 2.45) is 5.10 Å². The first-order valence-corrected chi connectivity index (χ1v) is 13.8. The Morgan fingerprint density at radius 3 is 2.17 bits per heavy atom. The Morgan fingerprint density at radius 2 is 1.57 bits per heavy atom. The van der Waals surface area contributed by atoms with Crippen LogP contribution in [0.2, 0.25) is 0 Å². The minimum Gasteiger partial charge on any atom is -0.494 e. The molecular formula is C32H34N4O4. The molecule has 0 spiro atoms. The van der Waals surface area contributed by atoms with Crippen molar-refractivity contribution in [2.75, 3.05) is 30.0 Å². The summed E-state index contributed by atoms with van der Waals surface area (Å²) in [6.07, 6.45) is 3.01. The molecule has 0 aliphatic carbocycles. The summed E-state index contributed by atoms with van der Waals surface area (Å²) in [5.41, 5.74) is 4.59. The Morgan fingerprint density at radius 1 is 0.925 bits per heavy atom. The molecule has 3 aromatic rings. The van der Waals surface area contributed by atoms with Gasteiger partial charge in [-0.15, -0.1) is 0 Å². The topological polar surface area (TPSA) is 91.3 Å². The van der Waals surface area contributed by atoms with E-state index in [9.17, 15) is 14.4 Å². The lowest BCUT2D eigenvalue weighted by atomic mass is 9.89. The van der Waals surface area contributed by atoms with Crippen LogP contribution in [-0.4, -0.2) is 48.0 Å². The lowest BCUT2D eigenvalue weighted by molar-refractivity contribution is -0.116. The molecular weight excluding hydrogens is 504 g/mol. The van der Waals surface area contributed by atoms with Crippen LogP contribution < -0.4 is 15.1 Å². The third-order valence-electron chi connectivity index (χ3n) is 7.28. The number of likely N-dealkylation sites (tertiary alicyclic amines) is 1. The van der Waals surface area contributed by atoms with Gasteiger partial charge in [-0.05, 0) is 98.3 Å². The Labute approximate surface area is 234 Å². The monoisotopic (exact) mass is 538 g/mol. The zero-order valence-corrected chi connectivity index (χ0v) is 22.9. The number of anilines is 2. The number of ether oxygens (including phenoxy) is 1. The fourth-order valence-corrected chi connectivity index (χ4v) is 5.07. The van der Waals surface area contributed by atoms with Crippen LogP contribution >= 0.6 is 0 Å². The quantitative estimate of drug-likeness (QED) is 0.389. The first-order chi connectivity index (χ1) is 19.4. The molecule has 5 rings (SSSR count). The summed E-state index contributed by atoms with van der Waals surface area (Å²) in [4.78, 5) is 39.7. The minimum atomic E-state index is -0.162. The molecule has 3 amide bonds. The van der Waals surface area contributed by atoms with Gasteiger partial charge in [0, 0.05) is 35.6 Å². The molecule has 0 bridgehead atoms. The number of benzene rings is 3. The summed E-state index contributed by atoms with van der Waals surface area (Å²) in [5.74, 6) is 0.894. The van der Waals surface area contributed by atoms with E-state index < -0.39 is 0 Å². The second kappa shape index (κ2) is 12.2. The molecule has 1 fully saturated rings. The van der Waals surface area contributed by atoms with Gasteiger partial charge in [-0.3, -0.25) is 14.4 Å². The van der Waals surface area contributed by atoms with Crippen LogP contribution in [0.25, 0.3) is 0 Å². The number of carbonyl (C=O) groups excluding carboxylic acids is 3. The number of piperidine rings is 1. The normalized spacial score (nSPS) is 15.7. The maximum atomic E-state index is 13.1. The Bertz CT molecular complexity index is 1390. The molecule has 8 nitrogen and oxygen atoms in total. The summed E-state index contributed by atoms with van der Waals surface area (Å²) in [7, 11) is 0. The highest BCUT2D eigenvalue weighted by Crippen LogP contribution is 2.30. The van der Waals surface area contributed by atoms with Crippen molar-refractivity contribution in [3.05, 3.63) is 89.5 Å². The smallest absolute Gasteiger partial charge is 0.255 e. The number of hydrogen-bond donors (Lipinski definition) is 1. The van der Waals surface area contributed by atoms with E-state index in [1.54, 1.807) is 36.4 Å². The lowest BCUT2D eigenvalue weighted by Crippen LogP contribution is -2.37. The van der Waals surface area contributed by atoms with E-state index in [2.05, 4.69) is 29.5 Å². The Balaban J connectivity index is 1.12. The van der Waals surface area contributed by atoms with E-state index in [4.69, 9.17) is 4.74 Å². The SMILES string of the molecule is CCCOc1ccc(C(=O)Nc2ccc(C3CCN(C(=O)c4ccc(N5N=C(C)CC5=O)cc4)CC3)cc2)cc1. The molecule has 2 heterocycles. The summed E-state index contributed by atoms with van der Waals surface area (Å²) >= 11 is 0. The standard InChI is InChI=1S/C32H34N4O4/c1-3-20-40-29-14-8-25(9-15-29)31(38)33-27-10-4-23(5-11-27)24-16-18-35(19-17-24)32(39)26-6-12-28(13-7-26)36-30(37)21-22(2)34-36/h4-15,24H,3,16-21H2,1-2H3,(H,33,38). The number of carbonyl (C=O) groups is 3. The van der Waals surface area contributed by atoms with Crippen LogP contribution in [0, 0.1) is 0 Å². The molecule has 3 aromatic carbocycles. The molecule has 0 saturated carbocycles. The van der Waals surface area contributed by atoms with Crippen LogP contribution in [0.4, 0.5) is 11.4 Å². The van der Waals surface area contributed by atoms with Crippen LogP contribution in [0.1, 0.15) is 71.7 Å². The van der Waals surface area contributed by atoms with Crippen molar-refractivity contribution in [3.8, 4) is 5.75 Å². The third-order valence-corrected chi connectivity index (χ3v) is 7.28. The van der Waals surface area contributed by atoms with Gasteiger partial charge in [-0.2, -0.15) is 5.10 Å². The van der Waals surface area contributed by atoms with E-state index in [0.717, 1.165) is 36.4 Å². The average molecular weight is 539 g/mol. The molecule has 1 saturated heterocycles. The lowest BCUT2D eigenvalue weighted by Gasteiger charge is -2.32. The highest BCUT2D eigenvalue weighted by molar-refractivity contribution is 6.12. The number of hydrogen-bond acceptors (Lipinski definition) is 5. The molecule has 0 atom stereocenters. The zero-order chi connectivity index (χ0) is 28.1. The molecule has 40 heavy (non-hydrogen) atoms. The maximum Gasteiger partial charge on any atom is 0.255 e. The van der Waals surface area contributed by atoms with Gasteiger partial charge in [-0.25, -0.2) is 5.01 Å². The maximum absolute atomic E-state index is 13.1. The second-order valence-corrected chi connectivity index (χ2v) is 10.3. The zero-order valence-electron chi connectivity index (χ0n) is 22.9. The summed E-state index contributed by atoms with van der Waals surface area (Å²) < 4.78 is 5.58. The van der Waals surface area contributed by atoms with Crippen molar-refractivity contribution < 1.29 is 19.1 Å². The van der Waals surface area contributed by atoms with Crippen LogP contribution in [0.3, 0.4) is 0 Å². The second-order valence-electron chi connectivity index (χ2n) is 10.3. The summed E-state index contributed by atoms with van der Waals surface area (Å²) in [5, 5.41) is 8.62. The Hall–Kier alpha value is -4.46. The van der Waals surface area contributed by atoms with Gasteiger partial charge in [0.15, 0.2) is 0 Å². The third kappa shape index (κ3) is 6.22. The molecule has 206 valence electrons. The fraction of sp³-hybridized carbons (Fsp3) is 0.312. The molecule has 0 aromatic heterocycles. The molecule has 0 unspecified atom stereocenters. The van der Waals surface area contributed by atoms with E-state index in [-0.39, 0.29) is 17.7 Å². The van der Waals surface area contributed by atoms with Crippen molar-refractivity contribution in [1.82, 2.24) is 4.90 Å². The van der Waals surface area contributed by atoms with Crippen LogP contribution in [0.5, 0.6) is 5.75 Å². The van der Waals surface area contributed by atoms with E-state index >= 15 is 0 Å². The van der Waals surface area contributed by atoms with Crippen molar-refractivity contribution in [2.45, 2.75) is 45.4 Å². The van der Waals surface area contributed by atoms with Crippen LogP contribution in [-0.2, 0) is 4.79 Å². The van der Waals surface area contributed by atoms with Crippen molar-refractivity contribution in [1.29, 1.82) is 0 Å². The predicted molar refractivity (Wildman–Crippen MR) is 156 cm³/mol. The van der Waals surface area contributed by atoms with Gasteiger partial charge in [-0.1, -0.05) is 19.1 Å². The molecule has 1 N–H and O–H groups in total. The Kier molecular flexibility index (Phi) is 8.24. The fourth-order valence-electron chi connectivity index (χ4n) is 5.07. The summed E-state index contributed by atoms with van der Waals surface area (Å²) in [6, 6.07) is 22.2. The van der Waals surface area contributed by atoms with E-state index in [0.29, 0.717) is 48.8 Å². The predicted octanol–water partition coefficient (Wildman–Crippen LogP) is 5.86. The number of nitrogens with one attached hydrogen (secondary N) is 1. The summed E-state index contributed by atoms with van der Waals surface area (Å²) in [6.45, 7) is 5.89. The van der Waals surface area contributed by atoms with Gasteiger partial charge in [0.25, 0.3) is 17.7 Å². The molecule has 0 radical (unpaired) electrons. The highest BCUT2D eigenvalue weighted by atomic mass is 16.5. The number of rotatable bonds is 8. The average Bonchev–Trinajstić information content (AvgIpc) is 3.34. The first kappa shape index (κ1) is 27.1. The largest absolute Gasteiger partial charge is 0.494 e. The van der Waals surface area contributed by atoms with Gasteiger partial charge in [0.1, 0.15) is 5.75 Å². The molecule has 2 aliphatic rings. The van der Waals surface area contributed by atoms with E-state index in [1.165, 1.54) is 10.6 Å². The number of nitrogens with zero attached hydrogens (tertiary/aromatic N) is 3. The van der Waals surface area contributed by atoms with Gasteiger partial charge < -0.3 is 15.0 Å². The van der Waals surface area contributed by atoms with E-state index in [1.807, 2.05) is 36.1 Å². The molecule has 2 aliphatic heterocycles. The molecule has 8 heteroatoms. The van der Waals surface area contributed by atoms with Crippen molar-refractivity contribution in [3.63, 3.8) is 0 Å². The van der Waals surface area contributed by atoms with Gasteiger partial charge in [0.2, 0.25) is 0 Å². The van der Waals surface area contributed by atoms with Gasteiger partial charge in [0.05, 0.1) is 18.7 Å². The van der Waals surface area contributed by atoms with Gasteiger partial charge >= 0.3 is 0 Å². The first-order valence-electron chi connectivity index (χ1n) is 13.8. The number of hydrazone groups is 1. The highest BCUT2D eigenvalue weighted by Gasteiger charge is 2.26. The van der Waals surface area contributed by atoms with Crippen LogP contribution in [0.15, 0.2) is 77.9 Å². The number of amides is 3. The van der Waals surface area contributed by atoms with Crippen molar-refractivity contribution >= 4 is 34.8 Å².